The molecule has 0 saturated carbocycles. The number of sulfonamides is 1. The van der Waals surface area contributed by atoms with Crippen LogP contribution in [0.1, 0.15) is 9.67 Å². The quantitative estimate of drug-likeness (QED) is 0.687. The molecule has 0 aliphatic carbocycles. The molecular formula is C5H5NO3S2. The van der Waals surface area contributed by atoms with Gasteiger partial charge in [0.15, 0.2) is 0 Å². The van der Waals surface area contributed by atoms with Gasteiger partial charge < -0.3 is 0 Å². The first-order valence-electron chi connectivity index (χ1n) is 2.62. The molecule has 0 aliphatic rings. The molecule has 0 aliphatic heterocycles. The second-order valence-electron chi connectivity index (χ2n) is 1.81. The van der Waals surface area contributed by atoms with Gasteiger partial charge in [-0.2, -0.15) is 0 Å². The fourth-order valence-corrected chi connectivity index (χ4v) is 1.93. The maximum Gasteiger partial charge on any atom is 0.301 e. The average Bonchev–Trinajstić information content (AvgIpc) is 2.34. The zero-order valence-corrected chi connectivity index (χ0v) is 6.98. The Hall–Kier alpha value is -0.720. The van der Waals surface area contributed by atoms with Crippen molar-refractivity contribution in [1.29, 1.82) is 0 Å². The molecule has 6 heteroatoms. The lowest BCUT2D eigenvalue weighted by atomic mass is 10.5. The van der Waals surface area contributed by atoms with Gasteiger partial charge in [-0.1, -0.05) is 6.07 Å². The Bertz CT molecular complexity index is 351. The van der Waals surface area contributed by atoms with Crippen LogP contribution in [0.4, 0.5) is 0 Å². The first-order valence-corrected chi connectivity index (χ1v) is 5.05. The van der Waals surface area contributed by atoms with E-state index in [1.807, 2.05) is 0 Å². The smallest absolute Gasteiger partial charge is 0.274 e. The Labute approximate surface area is 67.7 Å². The van der Waals surface area contributed by atoms with Gasteiger partial charge in [-0.3, -0.25) is 4.79 Å². The highest BCUT2D eigenvalue weighted by Crippen LogP contribution is 2.10. The topological polar surface area (TPSA) is 77.2 Å². The van der Waals surface area contributed by atoms with Gasteiger partial charge in [-0.15, -0.1) is 11.3 Å². The molecule has 0 amide bonds. The summed E-state index contributed by atoms with van der Waals surface area (Å²) in [6.45, 7) is 0. The van der Waals surface area contributed by atoms with Gasteiger partial charge in [-0.05, 0) is 11.4 Å². The van der Waals surface area contributed by atoms with E-state index >= 15 is 0 Å². The van der Waals surface area contributed by atoms with E-state index in [1.165, 1.54) is 6.07 Å². The third-order valence-corrected chi connectivity index (χ3v) is 2.72. The molecule has 1 heterocycles. The van der Waals surface area contributed by atoms with Gasteiger partial charge in [0.25, 0.3) is 10.0 Å². The predicted octanol–water partition coefficient (Wildman–Crippen LogP) is 0.177. The van der Waals surface area contributed by atoms with E-state index in [2.05, 4.69) is 5.14 Å². The molecule has 0 aromatic carbocycles. The summed E-state index contributed by atoms with van der Waals surface area (Å²) < 4.78 is 20.9. The standard InChI is InChI=1S/C5H5NO3S2/c6-11(8,9)5(7)4-2-1-3-10-4/h1-3H,(H2,6,8,9). The summed E-state index contributed by atoms with van der Waals surface area (Å²) >= 11 is 1.05. The molecule has 60 valence electrons. The largest absolute Gasteiger partial charge is 0.301 e. The monoisotopic (exact) mass is 191 g/mol. The number of rotatable bonds is 1. The van der Waals surface area contributed by atoms with Crippen LogP contribution < -0.4 is 5.14 Å². The lowest BCUT2D eigenvalue weighted by molar-refractivity contribution is 0.108. The molecule has 4 nitrogen and oxygen atoms in total. The minimum atomic E-state index is -4.05. The molecule has 0 unspecified atom stereocenters. The Morgan fingerprint density at radius 2 is 2.18 bits per heavy atom. The molecule has 0 saturated heterocycles. The molecule has 0 spiro atoms. The lowest BCUT2D eigenvalue weighted by Gasteiger charge is -1.90. The summed E-state index contributed by atoms with van der Waals surface area (Å²) in [5.74, 6) is 0. The van der Waals surface area contributed by atoms with Crippen LogP contribution in [0.5, 0.6) is 0 Å². The second kappa shape index (κ2) is 2.72. The highest BCUT2D eigenvalue weighted by atomic mass is 32.2. The summed E-state index contributed by atoms with van der Waals surface area (Å²) in [6, 6.07) is 3.00. The van der Waals surface area contributed by atoms with Crippen molar-refractivity contribution < 1.29 is 13.2 Å². The number of carbonyl (C=O) groups excluding carboxylic acids is 1. The van der Waals surface area contributed by atoms with Crippen LogP contribution in [0.2, 0.25) is 0 Å². The summed E-state index contributed by atoms with van der Waals surface area (Å²) in [5, 5.41) is 5.19. The molecule has 0 radical (unpaired) electrons. The number of primary sulfonamides is 1. The van der Waals surface area contributed by atoms with Gasteiger partial charge in [0, 0.05) is 0 Å². The fourth-order valence-electron chi connectivity index (χ4n) is 0.535. The minimum Gasteiger partial charge on any atom is -0.274 e. The third kappa shape index (κ3) is 1.86. The summed E-state index contributed by atoms with van der Waals surface area (Å²) in [4.78, 5) is 11.0. The van der Waals surface area contributed by atoms with E-state index in [9.17, 15) is 13.2 Å². The zero-order valence-electron chi connectivity index (χ0n) is 5.35. The summed E-state index contributed by atoms with van der Waals surface area (Å²) in [5.41, 5.74) is 0. The van der Waals surface area contributed by atoms with Crippen LogP contribution in [-0.4, -0.2) is 13.5 Å². The van der Waals surface area contributed by atoms with Crippen molar-refractivity contribution in [3.63, 3.8) is 0 Å². The molecule has 0 atom stereocenters. The van der Waals surface area contributed by atoms with Gasteiger partial charge in [0.1, 0.15) is 0 Å². The van der Waals surface area contributed by atoms with Crippen LogP contribution in [-0.2, 0) is 10.0 Å². The van der Waals surface area contributed by atoms with E-state index in [-0.39, 0.29) is 4.88 Å². The van der Waals surface area contributed by atoms with E-state index in [4.69, 9.17) is 0 Å². The molecular weight excluding hydrogens is 186 g/mol. The van der Waals surface area contributed by atoms with E-state index in [0.717, 1.165) is 11.3 Å². The maximum absolute atomic E-state index is 10.8. The van der Waals surface area contributed by atoms with Crippen LogP contribution in [0.15, 0.2) is 17.5 Å². The van der Waals surface area contributed by atoms with Crippen LogP contribution in [0.3, 0.4) is 0 Å². The van der Waals surface area contributed by atoms with E-state index in [0.29, 0.717) is 0 Å². The minimum absolute atomic E-state index is 0.146. The van der Waals surface area contributed by atoms with E-state index in [1.54, 1.807) is 11.4 Å². The van der Waals surface area contributed by atoms with Gasteiger partial charge in [0.2, 0.25) is 0 Å². The van der Waals surface area contributed by atoms with Crippen LogP contribution in [0, 0.1) is 0 Å². The van der Waals surface area contributed by atoms with E-state index < -0.39 is 15.1 Å². The number of nitrogens with two attached hydrogens (primary N) is 1. The lowest BCUT2D eigenvalue weighted by Crippen LogP contribution is -2.22. The van der Waals surface area contributed by atoms with Crippen molar-refractivity contribution >= 4 is 26.5 Å². The molecule has 0 bridgehead atoms. The number of hydrogen-bond donors (Lipinski definition) is 1. The van der Waals surface area contributed by atoms with Crippen molar-refractivity contribution in [2.24, 2.45) is 5.14 Å². The van der Waals surface area contributed by atoms with Gasteiger partial charge in [-0.25, -0.2) is 13.6 Å². The van der Waals surface area contributed by atoms with Crippen molar-refractivity contribution in [2.75, 3.05) is 0 Å². The first-order chi connectivity index (χ1) is 5.02. The number of thiophene rings is 1. The Morgan fingerprint density at radius 3 is 2.55 bits per heavy atom. The maximum atomic E-state index is 10.8. The molecule has 11 heavy (non-hydrogen) atoms. The van der Waals surface area contributed by atoms with Gasteiger partial charge >= 0.3 is 5.12 Å². The third-order valence-electron chi connectivity index (χ3n) is 0.981. The molecule has 1 rings (SSSR count). The Morgan fingerprint density at radius 1 is 1.55 bits per heavy atom. The van der Waals surface area contributed by atoms with Crippen molar-refractivity contribution in [3.05, 3.63) is 22.4 Å². The van der Waals surface area contributed by atoms with Crippen LogP contribution >= 0.6 is 11.3 Å². The van der Waals surface area contributed by atoms with Crippen molar-refractivity contribution in [2.45, 2.75) is 0 Å². The number of carbonyl (C=O) groups is 1. The summed E-state index contributed by atoms with van der Waals surface area (Å²) in [7, 11) is -4.05. The highest BCUT2D eigenvalue weighted by Gasteiger charge is 2.19. The summed E-state index contributed by atoms with van der Waals surface area (Å²) in [6.07, 6.45) is 0. The predicted molar refractivity (Wildman–Crippen MR) is 41.8 cm³/mol. The SMILES string of the molecule is NS(=O)(=O)C(=O)c1cccs1. The van der Waals surface area contributed by atoms with Gasteiger partial charge in [0.05, 0.1) is 4.88 Å². The molecule has 2 N–H and O–H groups in total. The Balaban J connectivity index is 3.07. The van der Waals surface area contributed by atoms with Crippen molar-refractivity contribution in [1.82, 2.24) is 0 Å². The highest BCUT2D eigenvalue weighted by molar-refractivity contribution is 8.05. The Kier molecular flexibility index (Phi) is 2.08. The zero-order chi connectivity index (χ0) is 8.48. The average molecular weight is 191 g/mol. The molecule has 0 fully saturated rings. The first kappa shape index (κ1) is 8.38. The van der Waals surface area contributed by atoms with Crippen molar-refractivity contribution in [3.8, 4) is 0 Å². The normalized spacial score (nSPS) is 11.4. The fraction of sp³-hybridized carbons (Fsp3) is 0. The molecule has 1 aromatic heterocycles. The van der Waals surface area contributed by atoms with Crippen LogP contribution in [0.25, 0.3) is 0 Å². The second-order valence-corrected chi connectivity index (χ2v) is 4.22. The molecule has 1 aromatic rings. The number of hydrogen-bond acceptors (Lipinski definition) is 4.